The lowest BCUT2D eigenvalue weighted by Crippen LogP contribution is -2.08. The van der Waals surface area contributed by atoms with Crippen LogP contribution in [0.2, 0.25) is 0 Å². The van der Waals surface area contributed by atoms with Crippen molar-refractivity contribution in [3.8, 4) is 0 Å². The van der Waals surface area contributed by atoms with E-state index in [-0.39, 0.29) is 0 Å². The Morgan fingerprint density at radius 1 is 1.29 bits per heavy atom. The molecule has 0 unspecified atom stereocenters. The van der Waals surface area contributed by atoms with E-state index in [4.69, 9.17) is 0 Å². The van der Waals surface area contributed by atoms with E-state index in [2.05, 4.69) is 15.2 Å². The highest BCUT2D eigenvalue weighted by molar-refractivity contribution is 7.99. The van der Waals surface area contributed by atoms with Gasteiger partial charge in [-0.05, 0) is 25.7 Å². The topological polar surface area (TPSA) is 41.6 Å². The summed E-state index contributed by atoms with van der Waals surface area (Å²) in [6.45, 7) is 1.94. The van der Waals surface area contributed by atoms with Crippen molar-refractivity contribution in [2.75, 3.05) is 5.75 Å². The van der Waals surface area contributed by atoms with E-state index in [9.17, 15) is 0 Å². The predicted octanol–water partition coefficient (Wildman–Crippen LogP) is 2.79. The molecule has 0 aromatic carbocycles. The number of aromatic nitrogens is 3. The number of nitrogens with zero attached hydrogens (tertiary/aromatic N) is 2. The fourth-order valence-corrected chi connectivity index (χ4v) is 2.99. The molecule has 0 atom stereocenters. The lowest BCUT2D eigenvalue weighted by Gasteiger charge is -2.20. The van der Waals surface area contributed by atoms with Crippen molar-refractivity contribution < 1.29 is 0 Å². The maximum absolute atomic E-state index is 4.06. The number of nitrogens with one attached hydrogen (secondary N) is 1. The first-order chi connectivity index (χ1) is 6.84. The molecule has 0 amide bonds. The number of thioether (sulfide) groups is 1. The van der Waals surface area contributed by atoms with Gasteiger partial charge in [-0.15, -0.1) is 10.2 Å². The average Bonchev–Trinajstić information content (AvgIpc) is 2.63. The van der Waals surface area contributed by atoms with Gasteiger partial charge in [0.1, 0.15) is 5.82 Å². The Balaban J connectivity index is 1.76. The minimum absolute atomic E-state index is 0.902. The van der Waals surface area contributed by atoms with Crippen LogP contribution in [0.15, 0.2) is 5.16 Å². The molecule has 1 aromatic heterocycles. The molecule has 1 aliphatic rings. The van der Waals surface area contributed by atoms with Gasteiger partial charge in [-0.1, -0.05) is 31.0 Å². The summed E-state index contributed by atoms with van der Waals surface area (Å²) in [5, 5.41) is 8.99. The Hall–Kier alpha value is -0.510. The van der Waals surface area contributed by atoms with Crippen LogP contribution in [-0.2, 0) is 0 Å². The van der Waals surface area contributed by atoms with Crippen molar-refractivity contribution >= 4 is 11.8 Å². The maximum atomic E-state index is 4.06. The van der Waals surface area contributed by atoms with Gasteiger partial charge < -0.3 is 4.98 Å². The highest BCUT2D eigenvalue weighted by atomic mass is 32.2. The second-order valence-electron chi connectivity index (χ2n) is 4.03. The number of hydrogen-bond donors (Lipinski definition) is 1. The molecule has 1 aliphatic carbocycles. The molecule has 14 heavy (non-hydrogen) atoms. The van der Waals surface area contributed by atoms with E-state index in [0.717, 1.165) is 16.9 Å². The van der Waals surface area contributed by atoms with E-state index in [0.29, 0.717) is 0 Å². The summed E-state index contributed by atoms with van der Waals surface area (Å²) in [6.07, 6.45) is 7.07. The minimum atomic E-state index is 0.902. The van der Waals surface area contributed by atoms with Crippen LogP contribution in [-0.4, -0.2) is 20.9 Å². The van der Waals surface area contributed by atoms with Gasteiger partial charge in [0.25, 0.3) is 0 Å². The van der Waals surface area contributed by atoms with Gasteiger partial charge in [0.2, 0.25) is 0 Å². The first-order valence-corrected chi connectivity index (χ1v) is 6.35. The zero-order valence-electron chi connectivity index (χ0n) is 8.62. The maximum Gasteiger partial charge on any atom is 0.188 e. The van der Waals surface area contributed by atoms with Crippen molar-refractivity contribution in [2.45, 2.75) is 44.2 Å². The Morgan fingerprint density at radius 2 is 2.07 bits per heavy atom. The van der Waals surface area contributed by atoms with Gasteiger partial charge in [0.05, 0.1) is 0 Å². The number of hydrogen-bond acceptors (Lipinski definition) is 3. The summed E-state index contributed by atoms with van der Waals surface area (Å²) in [6, 6.07) is 0. The van der Waals surface area contributed by atoms with Gasteiger partial charge in [-0.3, -0.25) is 0 Å². The third kappa shape index (κ3) is 2.74. The Labute approximate surface area is 89.1 Å². The average molecular weight is 211 g/mol. The Morgan fingerprint density at radius 3 is 2.71 bits per heavy atom. The molecule has 0 spiro atoms. The molecular weight excluding hydrogens is 194 g/mol. The van der Waals surface area contributed by atoms with E-state index in [1.54, 1.807) is 0 Å². The van der Waals surface area contributed by atoms with Crippen molar-refractivity contribution in [3.63, 3.8) is 0 Å². The summed E-state index contributed by atoms with van der Waals surface area (Å²) in [5.41, 5.74) is 0. The lowest BCUT2D eigenvalue weighted by atomic mass is 9.91. The second-order valence-corrected chi connectivity index (χ2v) is 5.04. The molecule has 0 aliphatic heterocycles. The smallest absolute Gasteiger partial charge is 0.188 e. The first-order valence-electron chi connectivity index (χ1n) is 5.36. The minimum Gasteiger partial charge on any atom is -0.320 e. The van der Waals surface area contributed by atoms with Gasteiger partial charge in [-0.25, -0.2) is 0 Å². The van der Waals surface area contributed by atoms with Crippen LogP contribution in [0.25, 0.3) is 0 Å². The third-order valence-electron chi connectivity index (χ3n) is 2.76. The Bertz CT molecular complexity index is 279. The number of aryl methyl sites for hydroxylation is 1. The molecule has 1 heterocycles. The number of H-pyrrole nitrogens is 1. The molecule has 3 nitrogen and oxygen atoms in total. The van der Waals surface area contributed by atoms with Gasteiger partial charge in [-0.2, -0.15) is 0 Å². The Kier molecular flexibility index (Phi) is 3.45. The van der Waals surface area contributed by atoms with Crippen LogP contribution >= 0.6 is 11.8 Å². The van der Waals surface area contributed by atoms with Crippen LogP contribution in [0.1, 0.15) is 37.9 Å². The summed E-state index contributed by atoms with van der Waals surface area (Å²) in [7, 11) is 0. The monoisotopic (exact) mass is 211 g/mol. The molecule has 1 saturated carbocycles. The van der Waals surface area contributed by atoms with E-state index >= 15 is 0 Å². The largest absolute Gasteiger partial charge is 0.320 e. The molecular formula is C10H17N3S. The van der Waals surface area contributed by atoms with Crippen LogP contribution in [0.5, 0.6) is 0 Å². The number of rotatable bonds is 3. The molecule has 0 radical (unpaired) electrons. The molecule has 0 bridgehead atoms. The summed E-state index contributed by atoms with van der Waals surface area (Å²) in [4.78, 5) is 3.16. The summed E-state index contributed by atoms with van der Waals surface area (Å²) in [5.74, 6) is 3.02. The lowest BCUT2D eigenvalue weighted by molar-refractivity contribution is 0.391. The van der Waals surface area contributed by atoms with Crippen LogP contribution in [0.3, 0.4) is 0 Å². The number of aromatic amines is 1. The quantitative estimate of drug-likeness (QED) is 0.782. The molecule has 78 valence electrons. The highest BCUT2D eigenvalue weighted by Crippen LogP contribution is 2.28. The van der Waals surface area contributed by atoms with E-state index in [1.807, 2.05) is 18.7 Å². The zero-order valence-corrected chi connectivity index (χ0v) is 9.44. The van der Waals surface area contributed by atoms with Crippen molar-refractivity contribution in [1.29, 1.82) is 0 Å². The summed E-state index contributed by atoms with van der Waals surface area (Å²) < 4.78 is 0. The summed E-state index contributed by atoms with van der Waals surface area (Å²) >= 11 is 1.82. The van der Waals surface area contributed by atoms with Crippen LogP contribution in [0, 0.1) is 12.8 Å². The fourth-order valence-electron chi connectivity index (χ4n) is 1.94. The van der Waals surface area contributed by atoms with E-state index in [1.165, 1.54) is 37.9 Å². The third-order valence-corrected chi connectivity index (χ3v) is 3.85. The van der Waals surface area contributed by atoms with Gasteiger partial charge >= 0.3 is 0 Å². The van der Waals surface area contributed by atoms with Crippen LogP contribution in [0.4, 0.5) is 0 Å². The van der Waals surface area contributed by atoms with Crippen molar-refractivity contribution in [3.05, 3.63) is 5.82 Å². The van der Waals surface area contributed by atoms with Crippen molar-refractivity contribution in [1.82, 2.24) is 15.2 Å². The molecule has 1 aromatic rings. The fraction of sp³-hybridized carbons (Fsp3) is 0.800. The molecule has 2 rings (SSSR count). The predicted molar refractivity (Wildman–Crippen MR) is 58.4 cm³/mol. The molecule has 1 N–H and O–H groups in total. The highest BCUT2D eigenvalue weighted by Gasteiger charge is 2.14. The zero-order chi connectivity index (χ0) is 9.80. The molecule has 0 saturated heterocycles. The normalized spacial score (nSPS) is 18.6. The van der Waals surface area contributed by atoms with E-state index < -0.39 is 0 Å². The first kappa shape index (κ1) is 10.0. The second kappa shape index (κ2) is 4.82. The molecule has 4 heteroatoms. The SMILES string of the molecule is Cc1nnc(SCC2CCCCC2)[nH]1. The van der Waals surface area contributed by atoms with Crippen LogP contribution < -0.4 is 0 Å². The molecule has 1 fully saturated rings. The van der Waals surface area contributed by atoms with Crippen molar-refractivity contribution in [2.24, 2.45) is 5.92 Å². The van der Waals surface area contributed by atoms with Gasteiger partial charge in [0.15, 0.2) is 5.16 Å². The standard InChI is InChI=1S/C10H17N3S/c1-8-11-10(13-12-8)14-7-9-5-3-2-4-6-9/h9H,2-7H2,1H3,(H,11,12,13). The van der Waals surface area contributed by atoms with Gasteiger partial charge in [0, 0.05) is 5.75 Å².